The number of ether oxygens (including phenoxy) is 1. The normalized spacial score (nSPS) is 14.2. The molecule has 2 heterocycles. The first kappa shape index (κ1) is 9.02. The monoisotopic (exact) mass is 218 g/mol. The van der Waals surface area contributed by atoms with E-state index in [1.165, 1.54) is 11.3 Å². The molecule has 0 aliphatic carbocycles. The Hall–Kier alpha value is -0.550. The summed E-state index contributed by atoms with van der Waals surface area (Å²) in [4.78, 5) is 11.5. The quantitative estimate of drug-likeness (QED) is 0.728. The molecule has 1 aromatic rings. The molecule has 0 bridgehead atoms. The van der Waals surface area contributed by atoms with Gasteiger partial charge >= 0.3 is 0 Å². The van der Waals surface area contributed by atoms with Gasteiger partial charge in [0, 0.05) is 21.9 Å². The molecule has 0 amide bonds. The number of thioether (sulfide) groups is 1. The standard InChI is InChI=1S/C8H7FO2S2/c9-8-5-2-12-3-7(5)13-6(8)1-11-4-10/h4H,1-3H2. The molecule has 0 saturated heterocycles. The highest BCUT2D eigenvalue weighted by Gasteiger charge is 2.22. The van der Waals surface area contributed by atoms with Gasteiger partial charge in [-0.3, -0.25) is 4.79 Å². The van der Waals surface area contributed by atoms with E-state index in [-0.39, 0.29) is 12.4 Å². The average molecular weight is 218 g/mol. The molecule has 0 aromatic carbocycles. The van der Waals surface area contributed by atoms with E-state index in [0.29, 0.717) is 11.3 Å². The maximum absolute atomic E-state index is 13.5. The molecule has 1 aliphatic rings. The fourth-order valence-electron chi connectivity index (χ4n) is 1.25. The van der Waals surface area contributed by atoms with Gasteiger partial charge in [0.25, 0.3) is 6.47 Å². The number of halogens is 1. The second kappa shape index (κ2) is 3.67. The summed E-state index contributed by atoms with van der Waals surface area (Å²) in [6, 6.07) is 0. The molecule has 0 fully saturated rings. The molecule has 0 unspecified atom stereocenters. The average Bonchev–Trinajstić information content (AvgIpc) is 2.67. The molecular formula is C8H7FO2S2. The highest BCUT2D eigenvalue weighted by Crippen LogP contribution is 2.39. The first-order chi connectivity index (χ1) is 6.33. The highest BCUT2D eigenvalue weighted by atomic mass is 32.2. The molecule has 0 N–H and O–H groups in total. The van der Waals surface area contributed by atoms with Crippen LogP contribution in [0.2, 0.25) is 0 Å². The van der Waals surface area contributed by atoms with Crippen LogP contribution in [0.4, 0.5) is 4.39 Å². The van der Waals surface area contributed by atoms with Crippen molar-refractivity contribution in [3.63, 3.8) is 0 Å². The fourth-order valence-corrected chi connectivity index (χ4v) is 3.72. The molecule has 0 atom stereocenters. The zero-order valence-corrected chi connectivity index (χ0v) is 8.34. The minimum atomic E-state index is -0.174. The van der Waals surface area contributed by atoms with Gasteiger partial charge in [0.15, 0.2) is 0 Å². The molecule has 0 saturated carbocycles. The summed E-state index contributed by atoms with van der Waals surface area (Å²) < 4.78 is 18.0. The van der Waals surface area contributed by atoms with Gasteiger partial charge in [0.1, 0.15) is 12.4 Å². The Morgan fingerprint density at radius 3 is 3.08 bits per heavy atom. The maximum atomic E-state index is 13.5. The lowest BCUT2D eigenvalue weighted by Gasteiger charge is -1.95. The third kappa shape index (κ3) is 1.58. The van der Waals surface area contributed by atoms with Crippen molar-refractivity contribution in [2.75, 3.05) is 0 Å². The summed E-state index contributed by atoms with van der Waals surface area (Å²) in [5, 5.41) is 0. The van der Waals surface area contributed by atoms with Crippen molar-refractivity contribution in [2.24, 2.45) is 0 Å². The van der Waals surface area contributed by atoms with E-state index in [0.717, 1.165) is 21.9 Å². The van der Waals surface area contributed by atoms with Crippen molar-refractivity contribution in [1.29, 1.82) is 0 Å². The first-order valence-electron chi connectivity index (χ1n) is 3.75. The van der Waals surface area contributed by atoms with Gasteiger partial charge in [-0.1, -0.05) is 0 Å². The van der Waals surface area contributed by atoms with Gasteiger partial charge in [-0.05, 0) is 0 Å². The van der Waals surface area contributed by atoms with Crippen molar-refractivity contribution in [1.82, 2.24) is 0 Å². The minimum Gasteiger partial charge on any atom is -0.462 e. The number of fused-ring (bicyclic) bond motifs is 1. The van der Waals surface area contributed by atoms with Gasteiger partial charge < -0.3 is 4.74 Å². The largest absolute Gasteiger partial charge is 0.462 e. The van der Waals surface area contributed by atoms with Crippen LogP contribution in [0.25, 0.3) is 0 Å². The van der Waals surface area contributed by atoms with Crippen LogP contribution in [0.3, 0.4) is 0 Å². The molecule has 5 heteroatoms. The van der Waals surface area contributed by atoms with Gasteiger partial charge in [0.05, 0.1) is 4.88 Å². The summed E-state index contributed by atoms with van der Waals surface area (Å²) in [6.07, 6.45) is 0. The molecule has 1 aliphatic heterocycles. The summed E-state index contributed by atoms with van der Waals surface area (Å²) in [6.45, 7) is 0.413. The number of hydrogen-bond donors (Lipinski definition) is 0. The molecule has 0 radical (unpaired) electrons. The Kier molecular flexibility index (Phi) is 2.55. The van der Waals surface area contributed by atoms with E-state index in [4.69, 9.17) is 0 Å². The number of thiophene rings is 1. The lowest BCUT2D eigenvalue weighted by Crippen LogP contribution is -1.90. The Labute approximate surface area is 83.1 Å². The number of hydrogen-bond acceptors (Lipinski definition) is 4. The van der Waals surface area contributed by atoms with Crippen LogP contribution in [0.5, 0.6) is 0 Å². The van der Waals surface area contributed by atoms with E-state index >= 15 is 0 Å². The summed E-state index contributed by atoms with van der Waals surface area (Å²) in [7, 11) is 0. The molecule has 0 spiro atoms. The lowest BCUT2D eigenvalue weighted by atomic mass is 10.3. The minimum absolute atomic E-state index is 0.0671. The van der Waals surface area contributed by atoms with Crippen LogP contribution in [0.1, 0.15) is 15.3 Å². The highest BCUT2D eigenvalue weighted by molar-refractivity contribution is 7.98. The second-order valence-corrected chi connectivity index (χ2v) is 4.82. The van der Waals surface area contributed by atoms with Crippen LogP contribution in [0, 0.1) is 5.82 Å². The van der Waals surface area contributed by atoms with E-state index < -0.39 is 0 Å². The van der Waals surface area contributed by atoms with Crippen LogP contribution >= 0.6 is 23.1 Å². The Morgan fingerprint density at radius 1 is 1.54 bits per heavy atom. The van der Waals surface area contributed by atoms with Gasteiger partial charge in [-0.15, -0.1) is 11.3 Å². The van der Waals surface area contributed by atoms with Gasteiger partial charge in [-0.25, -0.2) is 4.39 Å². The van der Waals surface area contributed by atoms with E-state index in [9.17, 15) is 9.18 Å². The molecule has 2 nitrogen and oxygen atoms in total. The molecule has 1 aromatic heterocycles. The second-order valence-electron chi connectivity index (χ2n) is 2.64. The number of carbonyl (C=O) groups excluding carboxylic acids is 1. The molecule has 70 valence electrons. The summed E-state index contributed by atoms with van der Waals surface area (Å²) in [5.74, 6) is 1.46. The van der Waals surface area contributed by atoms with Crippen LogP contribution in [-0.2, 0) is 27.6 Å². The zero-order valence-electron chi connectivity index (χ0n) is 6.71. The maximum Gasteiger partial charge on any atom is 0.293 e. The van der Waals surface area contributed by atoms with Gasteiger partial charge in [-0.2, -0.15) is 11.8 Å². The van der Waals surface area contributed by atoms with Crippen molar-refractivity contribution in [3.05, 3.63) is 21.1 Å². The third-order valence-electron chi connectivity index (χ3n) is 1.85. The molecule has 13 heavy (non-hydrogen) atoms. The van der Waals surface area contributed by atoms with Crippen molar-refractivity contribution >= 4 is 29.6 Å². The van der Waals surface area contributed by atoms with Crippen molar-refractivity contribution in [2.45, 2.75) is 18.1 Å². The third-order valence-corrected chi connectivity index (χ3v) is 4.20. The summed E-state index contributed by atoms with van der Waals surface area (Å²) >= 11 is 3.13. The predicted octanol–water partition coefficient (Wildman–Crippen LogP) is 2.31. The SMILES string of the molecule is O=COCc1sc2c(c1F)CSC2. The topological polar surface area (TPSA) is 26.3 Å². The Bertz CT molecular complexity index is 335. The fraction of sp³-hybridized carbons (Fsp3) is 0.375. The zero-order chi connectivity index (χ0) is 9.26. The van der Waals surface area contributed by atoms with E-state index in [1.54, 1.807) is 11.8 Å². The van der Waals surface area contributed by atoms with Crippen molar-refractivity contribution in [3.8, 4) is 0 Å². The van der Waals surface area contributed by atoms with Crippen LogP contribution in [-0.4, -0.2) is 6.47 Å². The predicted molar refractivity (Wildman–Crippen MR) is 50.1 cm³/mol. The van der Waals surface area contributed by atoms with Crippen molar-refractivity contribution < 1.29 is 13.9 Å². The van der Waals surface area contributed by atoms with Gasteiger partial charge in [0.2, 0.25) is 0 Å². The van der Waals surface area contributed by atoms with Crippen LogP contribution < -0.4 is 0 Å². The van der Waals surface area contributed by atoms with E-state index in [1.807, 2.05) is 0 Å². The number of rotatable bonds is 3. The first-order valence-corrected chi connectivity index (χ1v) is 5.72. The Balaban J connectivity index is 2.23. The lowest BCUT2D eigenvalue weighted by molar-refractivity contribution is -0.129. The van der Waals surface area contributed by atoms with E-state index in [2.05, 4.69) is 4.74 Å². The molecular weight excluding hydrogens is 211 g/mol. The number of carbonyl (C=O) groups is 1. The van der Waals surface area contributed by atoms with Crippen LogP contribution in [0.15, 0.2) is 0 Å². The summed E-state index contributed by atoms with van der Waals surface area (Å²) in [5.41, 5.74) is 0.805. The smallest absolute Gasteiger partial charge is 0.293 e. The Morgan fingerprint density at radius 2 is 2.38 bits per heavy atom. The molecule has 2 rings (SSSR count).